The third kappa shape index (κ3) is 5.93. The molecule has 0 bridgehead atoms. The van der Waals surface area contributed by atoms with Crippen molar-refractivity contribution in [2.75, 3.05) is 19.5 Å². The van der Waals surface area contributed by atoms with Gasteiger partial charge in [-0.3, -0.25) is 9.88 Å². The number of rotatable bonds is 9. The van der Waals surface area contributed by atoms with Crippen molar-refractivity contribution in [1.29, 1.82) is 0 Å². The quantitative estimate of drug-likeness (QED) is 0.302. The standard InChI is InChI=1S/C27H24F2N3O9/c1-36-18-9-16-10-19(41-23(16)20(11-18)37-2)13-38-17-5-3-15(4-6-17)12-40-26(35)31-22-7-8-32(25(34)30-22)24-27(28,29)21(33)14-39-24/h3-11,14,21,24,33H,12-13H2,1-2H3,(H,30,31,34,35)/t21-,24-/m1/s1. The van der Waals surface area contributed by atoms with Crippen molar-refractivity contribution in [2.45, 2.75) is 31.5 Å². The lowest BCUT2D eigenvalue weighted by Gasteiger charge is -2.21. The molecule has 2 atom stereocenters. The van der Waals surface area contributed by atoms with Gasteiger partial charge in [0.1, 0.15) is 42.9 Å². The summed E-state index contributed by atoms with van der Waals surface area (Å²) >= 11 is 0. The number of aromatic nitrogens is 2. The number of ether oxygens (including phenoxy) is 5. The molecule has 215 valence electrons. The van der Waals surface area contributed by atoms with Gasteiger partial charge in [-0.1, -0.05) is 12.1 Å². The Bertz CT molecular complexity index is 1600. The van der Waals surface area contributed by atoms with Crippen LogP contribution in [0.5, 0.6) is 17.2 Å². The Kier molecular flexibility index (Phi) is 7.77. The van der Waals surface area contributed by atoms with E-state index in [0.29, 0.717) is 45.3 Å². The molecule has 41 heavy (non-hydrogen) atoms. The highest BCUT2D eigenvalue weighted by atomic mass is 19.3. The summed E-state index contributed by atoms with van der Waals surface area (Å²) in [6, 6.07) is 13.3. The molecule has 4 aromatic rings. The molecule has 0 unspecified atom stereocenters. The highest BCUT2D eigenvalue weighted by Crippen LogP contribution is 2.40. The maximum absolute atomic E-state index is 14.0. The molecule has 0 saturated carbocycles. The van der Waals surface area contributed by atoms with Crippen LogP contribution < -0.4 is 25.2 Å². The molecule has 1 saturated heterocycles. The van der Waals surface area contributed by atoms with Crippen LogP contribution in [0.4, 0.5) is 19.4 Å². The minimum atomic E-state index is -3.73. The maximum Gasteiger partial charge on any atom is 0.413 e. The first-order valence-electron chi connectivity index (χ1n) is 12.1. The smallest absolute Gasteiger partial charge is 0.413 e. The SMILES string of the molecule is COc1cc(OC)c2oc(COc3ccc(COC(=O)Nc4ccn([C@@H]5O[CH][C@@H](O)C5(F)F)c(=O)n4)cc3)cc2c1. The fourth-order valence-electron chi connectivity index (χ4n) is 4.00. The van der Waals surface area contributed by atoms with E-state index in [1.54, 1.807) is 44.6 Å². The van der Waals surface area contributed by atoms with Gasteiger partial charge in [0.15, 0.2) is 17.4 Å². The van der Waals surface area contributed by atoms with Crippen molar-refractivity contribution in [3.63, 3.8) is 0 Å². The fourth-order valence-corrected chi connectivity index (χ4v) is 4.00. The van der Waals surface area contributed by atoms with Crippen LogP contribution in [0.2, 0.25) is 0 Å². The molecule has 2 aromatic carbocycles. The van der Waals surface area contributed by atoms with E-state index in [1.807, 2.05) is 12.1 Å². The number of aliphatic hydroxyl groups is 1. The summed E-state index contributed by atoms with van der Waals surface area (Å²) < 4.78 is 60.6. The number of benzene rings is 2. The van der Waals surface area contributed by atoms with Gasteiger partial charge in [-0.15, -0.1) is 0 Å². The number of carbonyl (C=O) groups is 1. The number of anilines is 1. The minimum Gasteiger partial charge on any atom is -0.497 e. The van der Waals surface area contributed by atoms with Crippen LogP contribution in [0.1, 0.15) is 17.6 Å². The topological polar surface area (TPSA) is 144 Å². The van der Waals surface area contributed by atoms with E-state index >= 15 is 0 Å². The average molecular weight is 572 g/mol. The number of methoxy groups -OCH3 is 2. The minimum absolute atomic E-state index is 0.107. The van der Waals surface area contributed by atoms with E-state index in [-0.39, 0.29) is 19.0 Å². The largest absolute Gasteiger partial charge is 0.497 e. The number of fused-ring (bicyclic) bond motifs is 1. The van der Waals surface area contributed by atoms with Crippen molar-refractivity contribution in [3.05, 3.63) is 83.1 Å². The number of alkyl halides is 2. The number of nitrogens with zero attached hydrogens (tertiary/aromatic N) is 2. The predicted molar refractivity (Wildman–Crippen MR) is 138 cm³/mol. The second kappa shape index (κ2) is 11.4. The van der Waals surface area contributed by atoms with Crippen molar-refractivity contribution >= 4 is 22.9 Å². The molecule has 0 spiro atoms. The van der Waals surface area contributed by atoms with Crippen LogP contribution in [0.25, 0.3) is 11.0 Å². The zero-order valence-electron chi connectivity index (χ0n) is 21.7. The molecular weight excluding hydrogens is 548 g/mol. The summed E-state index contributed by atoms with van der Waals surface area (Å²) in [6.45, 7) is 0.591. The van der Waals surface area contributed by atoms with Crippen molar-refractivity contribution in [3.8, 4) is 17.2 Å². The number of aliphatic hydroxyl groups excluding tert-OH is 1. The van der Waals surface area contributed by atoms with Gasteiger partial charge >= 0.3 is 17.7 Å². The van der Waals surface area contributed by atoms with Crippen LogP contribution >= 0.6 is 0 Å². The first-order valence-corrected chi connectivity index (χ1v) is 12.1. The summed E-state index contributed by atoms with van der Waals surface area (Å²) in [5, 5.41) is 12.4. The molecule has 1 fully saturated rings. The predicted octanol–water partition coefficient (Wildman–Crippen LogP) is 4.02. The molecule has 1 radical (unpaired) electrons. The monoisotopic (exact) mass is 572 g/mol. The molecule has 1 amide bonds. The van der Waals surface area contributed by atoms with Gasteiger partial charge < -0.3 is 33.2 Å². The van der Waals surface area contributed by atoms with Crippen molar-refractivity contribution in [1.82, 2.24) is 9.55 Å². The third-order valence-corrected chi connectivity index (χ3v) is 6.11. The summed E-state index contributed by atoms with van der Waals surface area (Å²) in [4.78, 5) is 27.9. The number of hydrogen-bond acceptors (Lipinski definition) is 10. The van der Waals surface area contributed by atoms with Crippen molar-refractivity contribution < 1.29 is 46.8 Å². The Morgan fingerprint density at radius 1 is 1.10 bits per heavy atom. The Morgan fingerprint density at radius 2 is 1.88 bits per heavy atom. The van der Waals surface area contributed by atoms with E-state index in [4.69, 9.17) is 28.1 Å². The Morgan fingerprint density at radius 3 is 2.54 bits per heavy atom. The zero-order chi connectivity index (χ0) is 29.1. The van der Waals surface area contributed by atoms with Gasteiger partial charge in [-0.25, -0.2) is 9.59 Å². The molecule has 2 aromatic heterocycles. The van der Waals surface area contributed by atoms with Gasteiger partial charge in [0.2, 0.25) is 6.23 Å². The molecule has 14 heteroatoms. The molecule has 12 nitrogen and oxygen atoms in total. The van der Waals surface area contributed by atoms with Crippen LogP contribution in [0.3, 0.4) is 0 Å². The molecule has 1 aliphatic rings. The summed E-state index contributed by atoms with van der Waals surface area (Å²) in [5.74, 6) is -1.63. The lowest BCUT2D eigenvalue weighted by atomic mass is 10.2. The number of hydrogen-bond donors (Lipinski definition) is 2. The normalized spacial score (nSPS) is 17.8. The second-order valence-electron chi connectivity index (χ2n) is 8.84. The van der Waals surface area contributed by atoms with Gasteiger partial charge in [-0.05, 0) is 35.9 Å². The van der Waals surface area contributed by atoms with E-state index in [1.165, 1.54) is 0 Å². The lowest BCUT2D eigenvalue weighted by molar-refractivity contribution is -0.140. The Labute approximate surface area is 231 Å². The summed E-state index contributed by atoms with van der Waals surface area (Å²) in [5.41, 5.74) is 0.107. The van der Waals surface area contributed by atoms with E-state index in [9.17, 15) is 23.5 Å². The van der Waals surface area contributed by atoms with Crippen LogP contribution in [0, 0.1) is 6.61 Å². The first-order chi connectivity index (χ1) is 19.7. The Hall–Kier alpha value is -4.69. The van der Waals surface area contributed by atoms with E-state index in [2.05, 4.69) is 10.3 Å². The van der Waals surface area contributed by atoms with Crippen molar-refractivity contribution in [2.24, 2.45) is 0 Å². The molecule has 3 heterocycles. The fraction of sp³-hybridized carbons (Fsp3) is 0.259. The average Bonchev–Trinajstić information content (AvgIpc) is 3.50. The number of amides is 1. The van der Waals surface area contributed by atoms with E-state index < -0.39 is 30.0 Å². The first kappa shape index (κ1) is 27.9. The number of nitrogens with one attached hydrogen (secondary N) is 1. The van der Waals surface area contributed by atoms with Crippen LogP contribution in [-0.2, 0) is 22.7 Å². The number of halogens is 2. The molecule has 5 rings (SSSR count). The highest BCUT2D eigenvalue weighted by molar-refractivity contribution is 5.85. The van der Waals surface area contributed by atoms with Gasteiger partial charge in [0.05, 0.1) is 14.2 Å². The highest BCUT2D eigenvalue weighted by Gasteiger charge is 2.55. The molecule has 1 aliphatic heterocycles. The van der Waals surface area contributed by atoms with Gasteiger partial charge in [-0.2, -0.15) is 13.8 Å². The summed E-state index contributed by atoms with van der Waals surface area (Å²) in [6.07, 6.45) is -4.18. The van der Waals surface area contributed by atoms with E-state index in [0.717, 1.165) is 17.6 Å². The maximum atomic E-state index is 14.0. The summed E-state index contributed by atoms with van der Waals surface area (Å²) in [7, 11) is 3.11. The van der Waals surface area contributed by atoms with Crippen LogP contribution in [0.15, 0.2) is 63.9 Å². The third-order valence-electron chi connectivity index (χ3n) is 6.11. The van der Waals surface area contributed by atoms with Gasteiger partial charge in [0.25, 0.3) is 0 Å². The van der Waals surface area contributed by atoms with Gasteiger partial charge in [0, 0.05) is 17.6 Å². The zero-order valence-corrected chi connectivity index (χ0v) is 21.7. The second-order valence-corrected chi connectivity index (χ2v) is 8.84. The number of furan rings is 1. The molecule has 2 N–H and O–H groups in total. The lowest BCUT2D eigenvalue weighted by Crippen LogP contribution is -2.40. The molecular formula is C27H24F2N3O9. The van der Waals surface area contributed by atoms with Crippen LogP contribution in [-0.4, -0.2) is 47.0 Å². The number of carbonyl (C=O) groups excluding carboxylic acids is 1. The molecule has 0 aliphatic carbocycles. The Balaban J connectivity index is 1.12.